The highest BCUT2D eigenvalue weighted by molar-refractivity contribution is 6.01. The van der Waals surface area contributed by atoms with Crippen molar-refractivity contribution in [1.29, 1.82) is 0 Å². The molecule has 0 spiro atoms. The summed E-state index contributed by atoms with van der Waals surface area (Å²) < 4.78 is 0. The van der Waals surface area contributed by atoms with E-state index in [9.17, 15) is 122 Å². The van der Waals surface area contributed by atoms with Crippen LogP contribution in [0.25, 0.3) is 0 Å². The lowest BCUT2D eigenvalue weighted by Crippen LogP contribution is -2.60. The Hall–Kier alpha value is -10.9. The third kappa shape index (κ3) is 36.3. The lowest BCUT2D eigenvalue weighted by atomic mass is 9.99. The van der Waals surface area contributed by atoms with Crippen LogP contribution in [0, 0.1) is 17.8 Å². The molecule has 44 heteroatoms. The fraction of sp³-hybridized carbons (Fsp3) is 0.697. The molecule has 0 aromatic rings. The smallest absolute Gasteiger partial charge is 0.326 e. The number of carbonyl (C=O) groups excluding carboxylic acids is 14. The van der Waals surface area contributed by atoms with Crippen molar-refractivity contribution in [3.8, 4) is 0 Å². The Balaban J connectivity index is 3.28. The first-order valence-corrected chi connectivity index (χ1v) is 35.8. The van der Waals surface area contributed by atoms with E-state index in [0.717, 1.165) is 13.8 Å². The standard InChI is InChI=1S/C66H111N19O25/c1-10-32(6)51(65(109)110)83-53(97)33(7)75-60(104)42(27-49(95)96)81-63(107)50(31(4)5)82-45(88)29-73-62(106)52(35(9)86)84-54(98)34(8)74-57(101)38(18-20-46(89)90)76-44(87)28-72-56(100)41(26-48(93)94)80-58(102)37(15-11-12-22-67)77-59(103)39(19-21-47(91)92)78-61(105)43-17-14-24-85(43)64(108)40(16-13-23-71-66(69)70)79-55(99)36(68)25-30(2)3/h30-43,50-52,86H,10-29,67-68H2,1-9H3,(H,72,100)(H,73,106)(H,74,101)(H,75,104)(H,76,87)(H,77,103)(H,78,105)(H,79,99)(H,80,102)(H,81,107)(H,82,88)(H,83,97)(H,84,98)(H,89,90)(H,91,92)(H,93,94)(H,95,96)(H,109,110)(H4,69,70,71)/t32-,33-,34-,35+,36-,37-,38-,39-,40-,41-,42-,43-,50-,51-,52-/m0/s1. The number of aliphatic carboxylic acids is 5. The van der Waals surface area contributed by atoms with Crippen LogP contribution in [0.4, 0.5) is 0 Å². The second kappa shape index (κ2) is 49.2. The van der Waals surface area contributed by atoms with E-state index in [2.05, 4.69) is 74.1 Å². The van der Waals surface area contributed by atoms with Crippen molar-refractivity contribution in [2.75, 3.05) is 32.7 Å². The van der Waals surface area contributed by atoms with Crippen molar-refractivity contribution in [1.82, 2.24) is 74.0 Å². The van der Waals surface area contributed by atoms with Gasteiger partial charge in [0.25, 0.3) is 0 Å². The highest BCUT2D eigenvalue weighted by Crippen LogP contribution is 2.21. The number of carboxylic acid groups (broad SMARTS) is 5. The fourth-order valence-corrected chi connectivity index (χ4v) is 10.8. The van der Waals surface area contributed by atoms with Crippen LogP contribution in [0.15, 0.2) is 4.99 Å². The van der Waals surface area contributed by atoms with Crippen molar-refractivity contribution in [2.24, 2.45) is 45.7 Å². The quantitative estimate of drug-likeness (QED) is 0.0153. The van der Waals surface area contributed by atoms with E-state index in [1.165, 1.54) is 25.7 Å². The van der Waals surface area contributed by atoms with Gasteiger partial charge in [0.2, 0.25) is 82.7 Å². The van der Waals surface area contributed by atoms with E-state index in [4.69, 9.17) is 22.9 Å². The zero-order chi connectivity index (χ0) is 84.0. The summed E-state index contributed by atoms with van der Waals surface area (Å²) in [5.41, 5.74) is 22.7. The number of aliphatic imine (C=N–C) groups is 1. The lowest BCUT2D eigenvalue weighted by Gasteiger charge is -2.30. The minimum absolute atomic E-state index is 0.00734. The van der Waals surface area contributed by atoms with Crippen LogP contribution in [0.1, 0.15) is 159 Å². The molecule has 1 saturated heterocycles. The molecule has 0 aliphatic carbocycles. The van der Waals surface area contributed by atoms with E-state index in [0.29, 0.717) is 6.42 Å². The number of guanidine groups is 1. The van der Waals surface area contributed by atoms with Gasteiger partial charge in [-0.05, 0) is 109 Å². The Kier molecular flexibility index (Phi) is 43.4. The number of likely N-dealkylation sites (tertiary alicyclic amines) is 1. The third-order valence-electron chi connectivity index (χ3n) is 17.1. The van der Waals surface area contributed by atoms with Crippen LogP contribution in [0.5, 0.6) is 0 Å². The van der Waals surface area contributed by atoms with Gasteiger partial charge in [0.1, 0.15) is 72.5 Å². The zero-order valence-electron chi connectivity index (χ0n) is 63.1. The Morgan fingerprint density at radius 1 is 0.473 bits per heavy atom. The van der Waals surface area contributed by atoms with Gasteiger partial charge in [-0.3, -0.25) is 91.3 Å². The molecule has 14 amide bonds. The van der Waals surface area contributed by atoms with Gasteiger partial charge in [-0.1, -0.05) is 48.0 Å². The van der Waals surface area contributed by atoms with Gasteiger partial charge in [-0.25, -0.2) is 4.79 Å². The molecule has 620 valence electrons. The number of carbonyl (C=O) groups is 19. The Labute approximate surface area is 633 Å². The topological polar surface area (TPSA) is 722 Å². The SMILES string of the molecule is CC[C@H](C)[C@H](NC(=O)[C@H](C)NC(=O)[C@H](CC(=O)O)NC(=O)[C@@H](NC(=O)CNC(=O)[C@@H](NC(=O)[C@H](C)NC(=O)[C@H](CCC(=O)O)NC(=O)CNC(=O)[C@H](CC(=O)O)NC(=O)[C@H](CCCCN)NC(=O)[C@H](CCC(=O)O)NC(=O)[C@@H]1CCCN1C(=O)[C@H](CCCN=C(N)N)NC(=O)[C@@H](N)CC(C)C)[C@@H](C)O)C(C)C)C(=O)O. The molecular weight excluding hydrogens is 1460 g/mol. The summed E-state index contributed by atoms with van der Waals surface area (Å²) >= 11 is 0. The first-order valence-electron chi connectivity index (χ1n) is 35.8. The van der Waals surface area contributed by atoms with Crippen LogP contribution in [-0.4, -0.2) is 271 Å². The predicted molar refractivity (Wildman–Crippen MR) is 385 cm³/mol. The molecule has 0 aromatic carbocycles. The van der Waals surface area contributed by atoms with Gasteiger partial charge < -0.3 is 128 Å². The van der Waals surface area contributed by atoms with Gasteiger partial charge in [0.05, 0.1) is 38.1 Å². The van der Waals surface area contributed by atoms with Gasteiger partial charge in [0, 0.05) is 25.9 Å². The van der Waals surface area contributed by atoms with E-state index < -0.39 is 261 Å². The molecule has 0 saturated carbocycles. The lowest BCUT2D eigenvalue weighted by molar-refractivity contribution is -0.144. The van der Waals surface area contributed by atoms with Crippen molar-refractivity contribution >= 4 is 119 Å². The molecule has 44 nitrogen and oxygen atoms in total. The summed E-state index contributed by atoms with van der Waals surface area (Å²) in [5.74, 6) is -24.0. The largest absolute Gasteiger partial charge is 0.481 e. The van der Waals surface area contributed by atoms with Crippen molar-refractivity contribution in [3.63, 3.8) is 0 Å². The fourth-order valence-electron chi connectivity index (χ4n) is 10.8. The first-order chi connectivity index (χ1) is 51.3. The molecule has 0 bridgehead atoms. The number of amides is 14. The summed E-state index contributed by atoms with van der Waals surface area (Å²) in [5, 5.41) is 88.1. The number of nitrogens with two attached hydrogens (primary N) is 4. The van der Waals surface area contributed by atoms with E-state index in [1.54, 1.807) is 13.8 Å². The maximum absolute atomic E-state index is 14.2. The van der Waals surface area contributed by atoms with Crippen LogP contribution < -0.4 is 92.1 Å². The molecule has 0 radical (unpaired) electrons. The molecule has 1 fully saturated rings. The van der Waals surface area contributed by atoms with Crippen LogP contribution in [-0.2, 0) is 91.1 Å². The molecule has 0 unspecified atom stereocenters. The van der Waals surface area contributed by atoms with Crippen molar-refractivity contribution < 1.29 is 122 Å². The van der Waals surface area contributed by atoms with Crippen molar-refractivity contribution in [2.45, 2.75) is 243 Å². The summed E-state index contributed by atoms with van der Waals surface area (Å²) in [6, 6.07) is -20.4. The number of nitrogens with one attached hydrogen (secondary N) is 13. The zero-order valence-corrected chi connectivity index (χ0v) is 63.1. The molecule has 0 aromatic heterocycles. The van der Waals surface area contributed by atoms with Gasteiger partial charge in [-0.2, -0.15) is 0 Å². The summed E-state index contributed by atoms with van der Waals surface area (Å²) in [6.07, 6.45) is -5.37. The molecule has 15 atom stereocenters. The maximum Gasteiger partial charge on any atom is 0.326 e. The highest BCUT2D eigenvalue weighted by atomic mass is 16.4. The van der Waals surface area contributed by atoms with E-state index >= 15 is 0 Å². The monoisotopic (exact) mass is 1570 g/mol. The third-order valence-corrected chi connectivity index (χ3v) is 17.1. The minimum Gasteiger partial charge on any atom is -0.481 e. The Morgan fingerprint density at radius 2 is 0.927 bits per heavy atom. The normalized spacial score (nSPS) is 16.3. The van der Waals surface area contributed by atoms with E-state index in [1.807, 2.05) is 13.8 Å². The molecule has 27 N–H and O–H groups in total. The number of aliphatic hydroxyl groups excluding tert-OH is 1. The average Bonchev–Trinajstić information content (AvgIpc) is 1.65. The average molecular weight is 1570 g/mol. The molecular formula is C66H111N19O25. The summed E-state index contributed by atoms with van der Waals surface area (Å²) in [6.45, 7) is 11.2. The molecule has 1 aliphatic rings. The number of aliphatic hydroxyl groups is 1. The number of unbranched alkanes of at least 4 members (excludes halogenated alkanes) is 1. The van der Waals surface area contributed by atoms with Crippen LogP contribution in [0.3, 0.4) is 0 Å². The Bertz CT molecular complexity index is 3280. The number of carboxylic acids is 5. The number of hydrogen-bond acceptors (Lipinski definition) is 23. The van der Waals surface area contributed by atoms with Crippen LogP contribution >= 0.6 is 0 Å². The predicted octanol–water partition coefficient (Wildman–Crippen LogP) is -8.02. The van der Waals surface area contributed by atoms with Crippen molar-refractivity contribution in [3.05, 3.63) is 0 Å². The second-order valence-electron chi connectivity index (χ2n) is 27.3. The molecule has 110 heavy (non-hydrogen) atoms. The first kappa shape index (κ1) is 97.1. The second-order valence-corrected chi connectivity index (χ2v) is 27.3. The van der Waals surface area contributed by atoms with Gasteiger partial charge in [-0.15, -0.1) is 0 Å². The minimum atomic E-state index is -2.03. The number of hydrogen-bond donors (Lipinski definition) is 23. The highest BCUT2D eigenvalue weighted by Gasteiger charge is 2.41. The van der Waals surface area contributed by atoms with E-state index in [-0.39, 0.29) is 82.9 Å². The Morgan fingerprint density at radius 3 is 1.41 bits per heavy atom. The molecule has 1 rings (SSSR count). The van der Waals surface area contributed by atoms with Gasteiger partial charge in [0.15, 0.2) is 5.96 Å². The van der Waals surface area contributed by atoms with Gasteiger partial charge >= 0.3 is 29.8 Å². The summed E-state index contributed by atoms with van der Waals surface area (Å²) in [7, 11) is 0. The van der Waals surface area contributed by atoms with Crippen LogP contribution in [0.2, 0.25) is 0 Å². The summed E-state index contributed by atoms with van der Waals surface area (Å²) in [4.78, 5) is 254. The maximum atomic E-state index is 14.2. The molecule has 1 aliphatic heterocycles. The number of nitrogens with zero attached hydrogens (tertiary/aromatic N) is 2. The molecule has 1 heterocycles. The number of rotatable bonds is 52.